The second-order valence-electron chi connectivity index (χ2n) is 3.46. The molecule has 0 aliphatic rings. The third-order valence-corrected chi connectivity index (χ3v) is 2.10. The van der Waals surface area contributed by atoms with Crippen LogP contribution in [-0.4, -0.2) is 0 Å². The minimum absolute atomic E-state index is 0.127. The predicted octanol–water partition coefficient (Wildman–Crippen LogP) is 3.13. The Morgan fingerprint density at radius 1 is 1.38 bits per heavy atom. The van der Waals surface area contributed by atoms with Gasteiger partial charge < -0.3 is 0 Å². The maximum Gasteiger partial charge on any atom is 0.141 e. The van der Waals surface area contributed by atoms with Crippen LogP contribution >= 0.6 is 0 Å². The molecule has 0 heterocycles. The zero-order chi connectivity index (χ0) is 10.0. The first-order valence-corrected chi connectivity index (χ1v) is 4.26. The zero-order valence-electron chi connectivity index (χ0n) is 8.06. The molecule has 0 radical (unpaired) electrons. The average Bonchev–Trinajstić information content (AvgIpc) is 2.07. The molecule has 68 valence electrons. The highest BCUT2D eigenvalue weighted by molar-refractivity contribution is 5.40. The fourth-order valence-electron chi connectivity index (χ4n) is 1.40. The quantitative estimate of drug-likeness (QED) is 0.646. The van der Waals surface area contributed by atoms with Crippen LogP contribution < -0.4 is 0 Å². The Hall–Kier alpha value is -1.36. The number of nitrogens with zero attached hydrogens (tertiary/aromatic N) is 1. The van der Waals surface area contributed by atoms with Gasteiger partial charge >= 0.3 is 0 Å². The summed E-state index contributed by atoms with van der Waals surface area (Å²) in [6.45, 7) is 5.91. The van der Waals surface area contributed by atoms with E-state index in [0.29, 0.717) is 5.92 Å². The minimum Gasteiger partial charge on any atom is -0.206 e. The molecule has 1 nitrogen and oxygen atoms in total. The van der Waals surface area contributed by atoms with Gasteiger partial charge in [0, 0.05) is 0 Å². The molecule has 0 amide bonds. The Bertz CT molecular complexity index is 361. The van der Waals surface area contributed by atoms with Gasteiger partial charge in [0.25, 0.3) is 0 Å². The van der Waals surface area contributed by atoms with Crippen LogP contribution in [0.1, 0.15) is 36.5 Å². The third-order valence-electron chi connectivity index (χ3n) is 2.10. The smallest absolute Gasteiger partial charge is 0.141 e. The molecule has 0 saturated heterocycles. The maximum atomic E-state index is 13.2. The minimum atomic E-state index is -0.420. The summed E-state index contributed by atoms with van der Waals surface area (Å²) in [7, 11) is 0. The molecule has 0 fully saturated rings. The van der Waals surface area contributed by atoms with Gasteiger partial charge in [-0.15, -0.1) is 0 Å². The van der Waals surface area contributed by atoms with Crippen LogP contribution in [0, 0.1) is 24.1 Å². The molecule has 13 heavy (non-hydrogen) atoms. The molecule has 0 aliphatic carbocycles. The second-order valence-corrected chi connectivity index (χ2v) is 3.46. The average molecular weight is 177 g/mol. The van der Waals surface area contributed by atoms with Crippen LogP contribution in [0.3, 0.4) is 0 Å². The van der Waals surface area contributed by atoms with Crippen LogP contribution in [0.25, 0.3) is 0 Å². The van der Waals surface area contributed by atoms with Crippen molar-refractivity contribution in [3.05, 3.63) is 34.6 Å². The Kier molecular flexibility index (Phi) is 2.67. The van der Waals surface area contributed by atoms with E-state index in [4.69, 9.17) is 5.26 Å². The Morgan fingerprint density at radius 2 is 2.00 bits per heavy atom. The van der Waals surface area contributed by atoms with E-state index >= 15 is 0 Å². The highest BCUT2D eigenvalue weighted by Gasteiger charge is 2.08. The molecule has 1 aromatic rings. The van der Waals surface area contributed by atoms with Crippen molar-refractivity contribution in [3.63, 3.8) is 0 Å². The first kappa shape index (κ1) is 9.73. The molecule has 1 rings (SSSR count). The first-order chi connectivity index (χ1) is 6.06. The summed E-state index contributed by atoms with van der Waals surface area (Å²) >= 11 is 0. The largest absolute Gasteiger partial charge is 0.206 e. The van der Waals surface area contributed by atoms with Crippen molar-refractivity contribution in [1.29, 1.82) is 5.26 Å². The molecule has 0 aliphatic heterocycles. The van der Waals surface area contributed by atoms with Crippen LogP contribution in [0.5, 0.6) is 0 Å². The van der Waals surface area contributed by atoms with Gasteiger partial charge in [-0.05, 0) is 36.1 Å². The summed E-state index contributed by atoms with van der Waals surface area (Å²) in [6.07, 6.45) is 0. The van der Waals surface area contributed by atoms with Crippen molar-refractivity contribution in [2.24, 2.45) is 0 Å². The van der Waals surface area contributed by atoms with Crippen molar-refractivity contribution in [3.8, 4) is 6.07 Å². The van der Waals surface area contributed by atoms with E-state index in [2.05, 4.69) is 0 Å². The van der Waals surface area contributed by atoms with E-state index in [9.17, 15) is 4.39 Å². The zero-order valence-corrected chi connectivity index (χ0v) is 8.06. The van der Waals surface area contributed by atoms with E-state index < -0.39 is 5.82 Å². The molecule has 2 heteroatoms. The van der Waals surface area contributed by atoms with Crippen molar-refractivity contribution >= 4 is 0 Å². The van der Waals surface area contributed by atoms with Gasteiger partial charge in [-0.2, -0.15) is 5.26 Å². The number of benzene rings is 1. The van der Waals surface area contributed by atoms with Gasteiger partial charge in [0.1, 0.15) is 11.9 Å². The highest BCUT2D eigenvalue weighted by Crippen LogP contribution is 2.21. The van der Waals surface area contributed by atoms with Gasteiger partial charge in [-0.1, -0.05) is 13.8 Å². The molecule has 0 bridgehead atoms. The summed E-state index contributed by atoms with van der Waals surface area (Å²) in [5.74, 6) is -0.126. The maximum absolute atomic E-state index is 13.2. The lowest BCUT2D eigenvalue weighted by Gasteiger charge is -2.09. The van der Waals surface area contributed by atoms with E-state index in [1.165, 1.54) is 6.07 Å². The Labute approximate surface area is 77.8 Å². The SMILES string of the molecule is Cc1cc(C#N)c(F)cc1C(C)C. The summed E-state index contributed by atoms with van der Waals surface area (Å²) in [6, 6.07) is 4.89. The van der Waals surface area contributed by atoms with Gasteiger partial charge in [0.05, 0.1) is 5.56 Å². The molecule has 0 N–H and O–H groups in total. The number of aryl methyl sites for hydroxylation is 1. The van der Waals surface area contributed by atoms with Gasteiger partial charge in [-0.25, -0.2) is 4.39 Å². The van der Waals surface area contributed by atoms with Gasteiger partial charge in [0.15, 0.2) is 0 Å². The van der Waals surface area contributed by atoms with Crippen molar-refractivity contribution in [1.82, 2.24) is 0 Å². The van der Waals surface area contributed by atoms with E-state index in [0.717, 1.165) is 11.1 Å². The van der Waals surface area contributed by atoms with Crippen molar-refractivity contribution < 1.29 is 4.39 Å². The molecule has 0 atom stereocenters. The Balaban J connectivity index is 3.31. The Morgan fingerprint density at radius 3 is 2.46 bits per heavy atom. The normalized spacial score (nSPS) is 10.2. The molecule has 0 saturated carbocycles. The number of rotatable bonds is 1. The number of halogens is 1. The summed E-state index contributed by atoms with van der Waals surface area (Å²) in [5.41, 5.74) is 2.08. The molecule has 1 aromatic carbocycles. The molecule has 0 spiro atoms. The fourth-order valence-corrected chi connectivity index (χ4v) is 1.40. The summed E-state index contributed by atoms with van der Waals surface area (Å²) in [5, 5.41) is 8.58. The number of hydrogen-bond donors (Lipinski definition) is 0. The number of hydrogen-bond acceptors (Lipinski definition) is 1. The lowest BCUT2D eigenvalue weighted by atomic mass is 9.96. The van der Waals surface area contributed by atoms with Crippen LogP contribution in [0.15, 0.2) is 12.1 Å². The fraction of sp³-hybridized carbons (Fsp3) is 0.364. The topological polar surface area (TPSA) is 23.8 Å². The van der Waals surface area contributed by atoms with Gasteiger partial charge in [-0.3, -0.25) is 0 Å². The molecule has 0 unspecified atom stereocenters. The standard InChI is InChI=1S/C11H12FN/c1-7(2)10-5-11(12)9(6-13)4-8(10)3/h4-5,7H,1-3H3. The van der Waals surface area contributed by atoms with E-state index in [1.54, 1.807) is 6.07 Å². The third kappa shape index (κ3) is 1.86. The van der Waals surface area contributed by atoms with E-state index in [1.807, 2.05) is 26.8 Å². The van der Waals surface area contributed by atoms with Crippen LogP contribution in [0.4, 0.5) is 4.39 Å². The number of nitriles is 1. The van der Waals surface area contributed by atoms with Crippen LogP contribution in [0.2, 0.25) is 0 Å². The summed E-state index contributed by atoms with van der Waals surface area (Å²) < 4.78 is 13.2. The van der Waals surface area contributed by atoms with Crippen LogP contribution in [-0.2, 0) is 0 Å². The highest BCUT2D eigenvalue weighted by atomic mass is 19.1. The first-order valence-electron chi connectivity index (χ1n) is 4.26. The second kappa shape index (κ2) is 3.57. The lowest BCUT2D eigenvalue weighted by molar-refractivity contribution is 0.618. The summed E-state index contributed by atoms with van der Waals surface area (Å²) in [4.78, 5) is 0. The van der Waals surface area contributed by atoms with Crippen molar-refractivity contribution in [2.45, 2.75) is 26.7 Å². The lowest BCUT2D eigenvalue weighted by Crippen LogP contribution is -1.95. The van der Waals surface area contributed by atoms with Crippen molar-refractivity contribution in [2.75, 3.05) is 0 Å². The monoisotopic (exact) mass is 177 g/mol. The molecular weight excluding hydrogens is 165 g/mol. The van der Waals surface area contributed by atoms with Gasteiger partial charge in [0.2, 0.25) is 0 Å². The van der Waals surface area contributed by atoms with E-state index in [-0.39, 0.29) is 5.56 Å². The predicted molar refractivity (Wildman–Crippen MR) is 49.9 cm³/mol. The molecular formula is C11H12FN. The molecule has 0 aromatic heterocycles.